The molecule has 0 aliphatic rings. The van der Waals surface area contributed by atoms with Crippen molar-refractivity contribution < 1.29 is 8.78 Å². The van der Waals surface area contributed by atoms with E-state index in [1.165, 1.54) is 0 Å². The second-order valence-electron chi connectivity index (χ2n) is 4.23. The van der Waals surface area contributed by atoms with Crippen LogP contribution in [0.25, 0.3) is 0 Å². The van der Waals surface area contributed by atoms with Gasteiger partial charge in [0.25, 0.3) is 0 Å². The number of benzene rings is 2. The van der Waals surface area contributed by atoms with Gasteiger partial charge in [0.05, 0.1) is 5.02 Å². The Kier molecular flexibility index (Phi) is 4.55. The van der Waals surface area contributed by atoms with Crippen LogP contribution >= 0.6 is 27.5 Å². The summed E-state index contributed by atoms with van der Waals surface area (Å²) in [5.74, 6) is -1.25. The highest BCUT2D eigenvalue weighted by molar-refractivity contribution is 9.10. The van der Waals surface area contributed by atoms with Crippen molar-refractivity contribution in [2.24, 2.45) is 5.73 Å². The van der Waals surface area contributed by atoms with Crippen molar-refractivity contribution in [1.82, 2.24) is 0 Å². The Morgan fingerprint density at radius 1 is 1.16 bits per heavy atom. The Bertz CT molecular complexity index is 604. The number of nitrogens with two attached hydrogens (primary N) is 1. The van der Waals surface area contributed by atoms with E-state index in [1.54, 1.807) is 0 Å². The predicted octanol–water partition coefficient (Wildman–Crippen LogP) is 4.62. The third kappa shape index (κ3) is 3.53. The minimum Gasteiger partial charge on any atom is -0.324 e. The van der Waals surface area contributed by atoms with Gasteiger partial charge in [-0.25, -0.2) is 8.78 Å². The molecule has 19 heavy (non-hydrogen) atoms. The summed E-state index contributed by atoms with van der Waals surface area (Å²) in [5.41, 5.74) is 7.00. The molecule has 0 saturated heterocycles. The third-order valence-corrected chi connectivity index (χ3v) is 3.57. The minimum atomic E-state index is -0.664. The van der Waals surface area contributed by atoms with Crippen molar-refractivity contribution in [3.8, 4) is 0 Å². The van der Waals surface area contributed by atoms with Crippen molar-refractivity contribution >= 4 is 27.5 Å². The maximum absolute atomic E-state index is 13.7. The summed E-state index contributed by atoms with van der Waals surface area (Å²) in [4.78, 5) is 0. The Hall–Kier alpha value is -0.970. The molecule has 2 aromatic rings. The quantitative estimate of drug-likeness (QED) is 0.806. The summed E-state index contributed by atoms with van der Waals surface area (Å²) in [6.45, 7) is 0. The van der Waals surface area contributed by atoms with Gasteiger partial charge in [0.1, 0.15) is 11.6 Å². The van der Waals surface area contributed by atoms with Crippen LogP contribution in [0.15, 0.2) is 40.9 Å². The standard InChI is InChI=1S/C14H11BrClF2N/c15-9-3-1-2-8(4-9)5-14(19)10-6-13(18)11(16)7-12(10)17/h1-4,6-7,14H,5,19H2. The molecule has 1 atom stereocenters. The monoisotopic (exact) mass is 345 g/mol. The molecule has 0 bridgehead atoms. The van der Waals surface area contributed by atoms with Crippen molar-refractivity contribution in [2.75, 3.05) is 0 Å². The minimum absolute atomic E-state index is 0.127. The van der Waals surface area contributed by atoms with Gasteiger partial charge in [-0.15, -0.1) is 0 Å². The number of hydrogen-bond donors (Lipinski definition) is 1. The molecule has 0 heterocycles. The van der Waals surface area contributed by atoms with Crippen LogP contribution in [0.4, 0.5) is 8.78 Å². The Labute approximate surface area is 123 Å². The van der Waals surface area contributed by atoms with E-state index < -0.39 is 17.7 Å². The summed E-state index contributed by atoms with van der Waals surface area (Å²) >= 11 is 8.86. The molecular weight excluding hydrogens is 336 g/mol. The van der Waals surface area contributed by atoms with Crippen LogP contribution in [0, 0.1) is 11.6 Å². The van der Waals surface area contributed by atoms with Crippen molar-refractivity contribution in [2.45, 2.75) is 12.5 Å². The zero-order chi connectivity index (χ0) is 14.0. The van der Waals surface area contributed by atoms with Crippen molar-refractivity contribution in [3.05, 3.63) is 68.7 Å². The molecule has 0 saturated carbocycles. The molecule has 2 aromatic carbocycles. The van der Waals surface area contributed by atoms with Crippen LogP contribution in [-0.4, -0.2) is 0 Å². The fourth-order valence-electron chi connectivity index (χ4n) is 1.85. The van der Waals surface area contributed by atoms with Gasteiger partial charge in [0, 0.05) is 16.1 Å². The summed E-state index contributed by atoms with van der Waals surface area (Å²) in [6.07, 6.45) is 0.414. The first-order valence-corrected chi connectivity index (χ1v) is 6.79. The van der Waals surface area contributed by atoms with E-state index in [1.807, 2.05) is 24.3 Å². The maximum atomic E-state index is 13.7. The number of rotatable bonds is 3. The zero-order valence-electron chi connectivity index (χ0n) is 9.84. The van der Waals surface area contributed by atoms with E-state index in [2.05, 4.69) is 15.9 Å². The van der Waals surface area contributed by atoms with E-state index in [9.17, 15) is 8.78 Å². The van der Waals surface area contributed by atoms with Crippen LogP contribution in [0.5, 0.6) is 0 Å². The fourth-order valence-corrected chi connectivity index (χ4v) is 2.45. The highest BCUT2D eigenvalue weighted by Crippen LogP contribution is 2.25. The molecule has 0 aliphatic heterocycles. The summed E-state index contributed by atoms with van der Waals surface area (Å²) < 4.78 is 28.0. The first-order valence-electron chi connectivity index (χ1n) is 5.62. The highest BCUT2D eigenvalue weighted by atomic mass is 79.9. The lowest BCUT2D eigenvalue weighted by Gasteiger charge is -2.14. The van der Waals surface area contributed by atoms with Crippen LogP contribution in [-0.2, 0) is 6.42 Å². The summed E-state index contributed by atoms with van der Waals surface area (Å²) in [5, 5.41) is -0.240. The van der Waals surface area contributed by atoms with Crippen molar-refractivity contribution in [3.63, 3.8) is 0 Å². The highest BCUT2D eigenvalue weighted by Gasteiger charge is 2.15. The smallest absolute Gasteiger partial charge is 0.142 e. The molecule has 1 unspecified atom stereocenters. The van der Waals surface area contributed by atoms with Crippen LogP contribution in [0.3, 0.4) is 0 Å². The Balaban J connectivity index is 2.25. The lowest BCUT2D eigenvalue weighted by molar-refractivity contribution is 0.561. The first-order chi connectivity index (χ1) is 8.97. The second kappa shape index (κ2) is 5.99. The van der Waals surface area contributed by atoms with Gasteiger partial charge in [-0.3, -0.25) is 0 Å². The van der Waals surface area contributed by atoms with Gasteiger partial charge in [-0.2, -0.15) is 0 Å². The first kappa shape index (κ1) is 14.4. The topological polar surface area (TPSA) is 26.0 Å². The molecule has 0 fully saturated rings. The molecule has 2 N–H and O–H groups in total. The van der Waals surface area contributed by atoms with E-state index in [4.69, 9.17) is 17.3 Å². The zero-order valence-corrected chi connectivity index (χ0v) is 12.2. The Morgan fingerprint density at radius 3 is 2.58 bits per heavy atom. The van der Waals surface area contributed by atoms with Crippen LogP contribution in [0.1, 0.15) is 17.2 Å². The van der Waals surface area contributed by atoms with Gasteiger partial charge >= 0.3 is 0 Å². The van der Waals surface area contributed by atoms with Gasteiger partial charge < -0.3 is 5.73 Å². The summed E-state index contributed by atoms with van der Waals surface area (Å²) in [6, 6.07) is 8.91. The number of halogens is 4. The summed E-state index contributed by atoms with van der Waals surface area (Å²) in [7, 11) is 0. The van der Waals surface area contributed by atoms with E-state index in [0.29, 0.717) is 6.42 Å². The molecule has 0 aliphatic carbocycles. The van der Waals surface area contributed by atoms with Gasteiger partial charge in [-0.1, -0.05) is 39.7 Å². The average molecular weight is 347 g/mol. The lowest BCUT2D eigenvalue weighted by Crippen LogP contribution is -2.15. The predicted molar refractivity (Wildman–Crippen MR) is 76.1 cm³/mol. The molecule has 100 valence electrons. The molecule has 2 rings (SSSR count). The SMILES string of the molecule is NC(Cc1cccc(Br)c1)c1cc(F)c(Cl)cc1F. The Morgan fingerprint density at radius 2 is 1.89 bits per heavy atom. The lowest BCUT2D eigenvalue weighted by atomic mass is 9.99. The maximum Gasteiger partial charge on any atom is 0.142 e. The molecule has 5 heteroatoms. The van der Waals surface area contributed by atoms with Crippen LogP contribution in [0.2, 0.25) is 5.02 Å². The van der Waals surface area contributed by atoms with Gasteiger partial charge in [0.2, 0.25) is 0 Å². The fraction of sp³-hybridized carbons (Fsp3) is 0.143. The largest absolute Gasteiger partial charge is 0.324 e. The van der Waals surface area contributed by atoms with Crippen LogP contribution < -0.4 is 5.73 Å². The normalized spacial score (nSPS) is 12.5. The van der Waals surface area contributed by atoms with E-state index in [-0.39, 0.29) is 10.6 Å². The molecule has 0 aromatic heterocycles. The number of hydrogen-bond acceptors (Lipinski definition) is 1. The van der Waals surface area contributed by atoms with Gasteiger partial charge in [0.15, 0.2) is 0 Å². The molecule has 0 radical (unpaired) electrons. The van der Waals surface area contributed by atoms with E-state index in [0.717, 1.165) is 22.2 Å². The van der Waals surface area contributed by atoms with E-state index >= 15 is 0 Å². The molecule has 0 spiro atoms. The van der Waals surface area contributed by atoms with Gasteiger partial charge in [-0.05, 0) is 36.2 Å². The third-order valence-electron chi connectivity index (χ3n) is 2.78. The molecular formula is C14H11BrClF2N. The second-order valence-corrected chi connectivity index (χ2v) is 5.55. The molecule has 0 amide bonds. The van der Waals surface area contributed by atoms with Crippen molar-refractivity contribution in [1.29, 1.82) is 0 Å². The average Bonchev–Trinajstić information content (AvgIpc) is 2.33. The molecule has 1 nitrogen and oxygen atoms in total.